The van der Waals surface area contributed by atoms with Crippen LogP contribution in [0.3, 0.4) is 0 Å². The molecule has 0 amide bonds. The summed E-state index contributed by atoms with van der Waals surface area (Å²) in [6.45, 7) is 1.84. The smallest absolute Gasteiger partial charge is 0.340 e. The summed E-state index contributed by atoms with van der Waals surface area (Å²) >= 11 is 0. The minimum atomic E-state index is -4.42. The van der Waals surface area contributed by atoms with E-state index >= 15 is 0 Å². The van der Waals surface area contributed by atoms with Crippen LogP contribution in [0.25, 0.3) is 0 Å². The molecule has 0 aliphatic rings. The van der Waals surface area contributed by atoms with Gasteiger partial charge >= 0.3 is 6.18 Å². The second kappa shape index (κ2) is 6.40. The van der Waals surface area contributed by atoms with Gasteiger partial charge in [-0.05, 0) is 17.7 Å². The molecule has 0 aliphatic heterocycles. The Morgan fingerprint density at radius 2 is 2.17 bits per heavy atom. The number of aromatic nitrogens is 5. The van der Waals surface area contributed by atoms with E-state index in [0.29, 0.717) is 23.1 Å². The van der Waals surface area contributed by atoms with E-state index in [0.717, 1.165) is 12.1 Å². The van der Waals surface area contributed by atoms with E-state index in [4.69, 9.17) is 4.52 Å². The summed E-state index contributed by atoms with van der Waals surface area (Å²) in [5.74, 6) is 1.18. The van der Waals surface area contributed by atoms with Crippen molar-refractivity contribution in [1.82, 2.24) is 30.6 Å². The van der Waals surface area contributed by atoms with Gasteiger partial charge in [0.1, 0.15) is 12.2 Å². The van der Waals surface area contributed by atoms with E-state index in [1.807, 2.05) is 0 Å². The first-order valence-corrected chi connectivity index (χ1v) is 6.98. The van der Waals surface area contributed by atoms with Crippen molar-refractivity contribution in [3.63, 3.8) is 0 Å². The van der Waals surface area contributed by atoms with Gasteiger partial charge in [-0.2, -0.15) is 23.3 Å². The summed E-state index contributed by atoms with van der Waals surface area (Å²) in [4.78, 5) is 8.08. The number of nitrogens with one attached hydrogen (secondary N) is 2. The van der Waals surface area contributed by atoms with Crippen molar-refractivity contribution < 1.29 is 17.7 Å². The molecule has 7 nitrogen and oxygen atoms in total. The third-order valence-corrected chi connectivity index (χ3v) is 3.29. The van der Waals surface area contributed by atoms with Crippen LogP contribution in [0.15, 0.2) is 35.1 Å². The molecule has 2 N–H and O–H groups in total. The molecule has 2 heterocycles. The molecule has 1 aromatic carbocycles. The Bertz CT molecular complexity index is 799. The topological polar surface area (TPSA) is 92.5 Å². The van der Waals surface area contributed by atoms with Gasteiger partial charge in [0.2, 0.25) is 5.89 Å². The number of aryl methyl sites for hydroxylation is 1. The van der Waals surface area contributed by atoms with Crippen LogP contribution in [0.2, 0.25) is 0 Å². The molecule has 3 rings (SSSR count). The van der Waals surface area contributed by atoms with Crippen LogP contribution in [-0.2, 0) is 12.7 Å². The standard InChI is InChI=1S/C14H13F3N6O/c1-8-21-11(23-24-8)6-18-12(13-19-7-20-22-13)9-3-2-4-10(5-9)14(15,16)17/h2-5,7,12,18H,6H2,1H3,(H,19,20,22)/t12-/m0/s1. The zero-order valence-corrected chi connectivity index (χ0v) is 12.5. The molecule has 0 saturated heterocycles. The number of H-pyrrole nitrogens is 1. The summed E-state index contributed by atoms with van der Waals surface area (Å²) in [7, 11) is 0. The monoisotopic (exact) mass is 338 g/mol. The third kappa shape index (κ3) is 3.59. The number of nitrogens with zero attached hydrogens (tertiary/aromatic N) is 4. The molecule has 2 aromatic heterocycles. The van der Waals surface area contributed by atoms with Crippen molar-refractivity contribution in [2.45, 2.75) is 25.7 Å². The normalized spacial score (nSPS) is 13.2. The van der Waals surface area contributed by atoms with Crippen LogP contribution in [-0.4, -0.2) is 25.3 Å². The molecule has 0 unspecified atom stereocenters. The molecule has 126 valence electrons. The maximum atomic E-state index is 12.9. The molecule has 0 fully saturated rings. The van der Waals surface area contributed by atoms with Crippen LogP contribution < -0.4 is 5.32 Å². The Morgan fingerprint density at radius 1 is 1.33 bits per heavy atom. The van der Waals surface area contributed by atoms with Gasteiger partial charge in [-0.3, -0.25) is 10.4 Å². The summed E-state index contributed by atoms with van der Waals surface area (Å²) in [5.41, 5.74) is -0.344. The van der Waals surface area contributed by atoms with E-state index < -0.39 is 17.8 Å². The van der Waals surface area contributed by atoms with Crippen molar-refractivity contribution in [3.05, 3.63) is 59.3 Å². The highest BCUT2D eigenvalue weighted by Gasteiger charge is 2.31. The van der Waals surface area contributed by atoms with Crippen LogP contribution in [0.5, 0.6) is 0 Å². The molecular formula is C14H13F3N6O. The Labute approximate surface area is 134 Å². The molecule has 0 spiro atoms. The second-order valence-corrected chi connectivity index (χ2v) is 5.04. The van der Waals surface area contributed by atoms with E-state index in [2.05, 4.69) is 30.6 Å². The van der Waals surface area contributed by atoms with Gasteiger partial charge in [0, 0.05) is 6.92 Å². The first-order valence-electron chi connectivity index (χ1n) is 6.98. The lowest BCUT2D eigenvalue weighted by Crippen LogP contribution is -2.24. The molecule has 10 heteroatoms. The fourth-order valence-corrected chi connectivity index (χ4v) is 2.23. The molecule has 0 radical (unpaired) electrons. The summed E-state index contributed by atoms with van der Waals surface area (Å²) in [5, 5.41) is 13.2. The molecule has 1 atom stereocenters. The van der Waals surface area contributed by atoms with Crippen molar-refractivity contribution in [2.24, 2.45) is 0 Å². The Morgan fingerprint density at radius 3 is 2.79 bits per heavy atom. The fourth-order valence-electron chi connectivity index (χ4n) is 2.23. The van der Waals surface area contributed by atoms with Gasteiger partial charge in [0.25, 0.3) is 0 Å². The number of benzene rings is 1. The lowest BCUT2D eigenvalue weighted by Gasteiger charge is -2.17. The van der Waals surface area contributed by atoms with Crippen molar-refractivity contribution in [3.8, 4) is 0 Å². The minimum Gasteiger partial charge on any atom is -0.340 e. The number of hydrogen-bond acceptors (Lipinski definition) is 6. The molecular weight excluding hydrogens is 325 g/mol. The first-order chi connectivity index (χ1) is 11.4. The summed E-state index contributed by atoms with van der Waals surface area (Å²) in [6.07, 6.45) is -3.14. The average Bonchev–Trinajstić information content (AvgIpc) is 3.19. The lowest BCUT2D eigenvalue weighted by atomic mass is 10.0. The van der Waals surface area contributed by atoms with Crippen molar-refractivity contribution in [1.29, 1.82) is 0 Å². The highest BCUT2D eigenvalue weighted by atomic mass is 19.4. The zero-order valence-electron chi connectivity index (χ0n) is 12.5. The Hall–Kier alpha value is -2.75. The van der Waals surface area contributed by atoms with Crippen molar-refractivity contribution >= 4 is 0 Å². The summed E-state index contributed by atoms with van der Waals surface area (Å²) in [6, 6.07) is 4.39. The highest BCUT2D eigenvalue weighted by Crippen LogP contribution is 2.31. The lowest BCUT2D eigenvalue weighted by molar-refractivity contribution is -0.137. The van der Waals surface area contributed by atoms with E-state index in [9.17, 15) is 13.2 Å². The Kier molecular flexibility index (Phi) is 4.30. The number of aromatic amines is 1. The van der Waals surface area contributed by atoms with Crippen LogP contribution in [0.1, 0.15) is 34.7 Å². The molecule has 0 aliphatic carbocycles. The molecule has 3 aromatic rings. The van der Waals surface area contributed by atoms with Crippen LogP contribution in [0.4, 0.5) is 13.2 Å². The predicted octanol–water partition coefficient (Wildman–Crippen LogP) is 2.39. The summed E-state index contributed by atoms with van der Waals surface area (Å²) < 4.78 is 43.7. The van der Waals surface area contributed by atoms with Gasteiger partial charge in [-0.25, -0.2) is 4.98 Å². The highest BCUT2D eigenvalue weighted by molar-refractivity contribution is 5.31. The van der Waals surface area contributed by atoms with Gasteiger partial charge in [-0.1, -0.05) is 17.3 Å². The van der Waals surface area contributed by atoms with Crippen molar-refractivity contribution in [2.75, 3.05) is 0 Å². The molecule has 24 heavy (non-hydrogen) atoms. The zero-order chi connectivity index (χ0) is 17.2. The average molecular weight is 338 g/mol. The number of hydrogen-bond donors (Lipinski definition) is 2. The van der Waals surface area contributed by atoms with E-state index in [1.54, 1.807) is 13.0 Å². The maximum absolute atomic E-state index is 12.9. The quantitative estimate of drug-likeness (QED) is 0.742. The van der Waals surface area contributed by atoms with Gasteiger partial charge < -0.3 is 4.52 Å². The third-order valence-electron chi connectivity index (χ3n) is 3.29. The first kappa shape index (κ1) is 16.1. The second-order valence-electron chi connectivity index (χ2n) is 5.04. The fraction of sp³-hybridized carbons (Fsp3) is 0.286. The largest absolute Gasteiger partial charge is 0.416 e. The predicted molar refractivity (Wildman–Crippen MR) is 75.5 cm³/mol. The van der Waals surface area contributed by atoms with E-state index in [-0.39, 0.29) is 6.54 Å². The van der Waals surface area contributed by atoms with Gasteiger partial charge in [-0.15, -0.1) is 0 Å². The SMILES string of the molecule is Cc1nc(CN[C@@H](c2cccc(C(F)(F)F)c2)c2ncn[nH]2)no1. The van der Waals surface area contributed by atoms with Gasteiger partial charge in [0.05, 0.1) is 18.2 Å². The van der Waals surface area contributed by atoms with E-state index in [1.165, 1.54) is 12.4 Å². The number of alkyl halides is 3. The molecule has 0 bridgehead atoms. The molecule has 0 saturated carbocycles. The van der Waals surface area contributed by atoms with Gasteiger partial charge in [0.15, 0.2) is 5.82 Å². The minimum absolute atomic E-state index is 0.193. The Balaban J connectivity index is 1.88. The maximum Gasteiger partial charge on any atom is 0.416 e. The number of halogens is 3. The van der Waals surface area contributed by atoms with Crippen LogP contribution >= 0.6 is 0 Å². The van der Waals surface area contributed by atoms with Crippen LogP contribution in [0, 0.1) is 6.92 Å². The number of rotatable bonds is 5.